The van der Waals surface area contributed by atoms with E-state index < -0.39 is 0 Å². The van der Waals surface area contributed by atoms with Crippen LogP contribution in [0, 0.1) is 6.92 Å². The summed E-state index contributed by atoms with van der Waals surface area (Å²) in [7, 11) is 0. The summed E-state index contributed by atoms with van der Waals surface area (Å²) >= 11 is 0. The highest BCUT2D eigenvalue weighted by Crippen LogP contribution is 2.17. The number of rotatable bonds is 3. The van der Waals surface area contributed by atoms with E-state index >= 15 is 0 Å². The van der Waals surface area contributed by atoms with E-state index in [4.69, 9.17) is 0 Å². The second kappa shape index (κ2) is 4.80. The van der Waals surface area contributed by atoms with E-state index in [1.807, 2.05) is 6.92 Å². The van der Waals surface area contributed by atoms with E-state index in [1.54, 1.807) is 0 Å². The summed E-state index contributed by atoms with van der Waals surface area (Å²) in [6.07, 6.45) is 5.21. The van der Waals surface area contributed by atoms with Crippen LogP contribution in [0.3, 0.4) is 0 Å². The van der Waals surface area contributed by atoms with Crippen LogP contribution in [0.4, 0.5) is 0 Å². The molecule has 14 heavy (non-hydrogen) atoms. The van der Waals surface area contributed by atoms with Gasteiger partial charge in [-0.25, -0.2) is 0 Å². The fourth-order valence-corrected chi connectivity index (χ4v) is 1.58. The maximum Gasteiger partial charge on any atom is -0.00697 e. The van der Waals surface area contributed by atoms with Crippen LogP contribution < -0.4 is 0 Å². The molecule has 0 aliphatic heterocycles. The van der Waals surface area contributed by atoms with E-state index in [1.165, 1.54) is 22.3 Å². The standard InChI is InChI=1S/C14H18/c1-5-7-13-8-6-9-14(12(13)4)10-11(2)3/h5-9H,2,10H2,1,3-4H3/b7-5-. The van der Waals surface area contributed by atoms with Gasteiger partial charge in [0.05, 0.1) is 0 Å². The smallest absolute Gasteiger partial charge is 0.00697 e. The van der Waals surface area contributed by atoms with Crippen molar-refractivity contribution in [2.45, 2.75) is 27.2 Å². The van der Waals surface area contributed by atoms with Crippen molar-refractivity contribution in [1.29, 1.82) is 0 Å². The van der Waals surface area contributed by atoms with Crippen LogP contribution in [-0.2, 0) is 6.42 Å². The Morgan fingerprint density at radius 3 is 2.71 bits per heavy atom. The summed E-state index contributed by atoms with van der Waals surface area (Å²) in [5, 5.41) is 0. The molecule has 0 bridgehead atoms. The number of hydrogen-bond donors (Lipinski definition) is 0. The van der Waals surface area contributed by atoms with Gasteiger partial charge in [-0.05, 0) is 43.9 Å². The average Bonchev–Trinajstić information content (AvgIpc) is 2.11. The molecular formula is C14H18. The Morgan fingerprint density at radius 1 is 1.43 bits per heavy atom. The Morgan fingerprint density at radius 2 is 2.14 bits per heavy atom. The van der Waals surface area contributed by atoms with Crippen LogP contribution >= 0.6 is 0 Å². The lowest BCUT2D eigenvalue weighted by Crippen LogP contribution is -1.92. The summed E-state index contributed by atoms with van der Waals surface area (Å²) in [5.74, 6) is 0. The van der Waals surface area contributed by atoms with Gasteiger partial charge in [-0.3, -0.25) is 0 Å². The Labute approximate surface area is 87.0 Å². The first kappa shape index (κ1) is 10.8. The Kier molecular flexibility index (Phi) is 3.70. The molecule has 74 valence electrons. The highest BCUT2D eigenvalue weighted by molar-refractivity contribution is 5.55. The molecule has 0 aliphatic rings. The number of benzene rings is 1. The molecule has 0 aromatic heterocycles. The van der Waals surface area contributed by atoms with E-state index in [-0.39, 0.29) is 0 Å². The van der Waals surface area contributed by atoms with Crippen LogP contribution in [-0.4, -0.2) is 0 Å². The molecule has 0 heteroatoms. The van der Waals surface area contributed by atoms with Gasteiger partial charge in [-0.1, -0.05) is 42.5 Å². The van der Waals surface area contributed by atoms with Gasteiger partial charge < -0.3 is 0 Å². The van der Waals surface area contributed by atoms with Crippen molar-refractivity contribution in [3.8, 4) is 0 Å². The first-order valence-corrected chi connectivity index (χ1v) is 5.00. The third-order valence-corrected chi connectivity index (χ3v) is 2.33. The molecule has 0 fully saturated rings. The second-order valence-corrected chi connectivity index (χ2v) is 3.77. The molecule has 0 saturated carbocycles. The molecule has 0 atom stereocenters. The van der Waals surface area contributed by atoms with Crippen molar-refractivity contribution in [1.82, 2.24) is 0 Å². The van der Waals surface area contributed by atoms with Gasteiger partial charge >= 0.3 is 0 Å². The van der Waals surface area contributed by atoms with Crippen LogP contribution in [0.5, 0.6) is 0 Å². The molecule has 0 unspecified atom stereocenters. The van der Waals surface area contributed by atoms with Crippen molar-refractivity contribution in [2.75, 3.05) is 0 Å². The molecule has 1 aromatic rings. The van der Waals surface area contributed by atoms with Crippen LogP contribution in [0.25, 0.3) is 6.08 Å². The molecule has 0 saturated heterocycles. The van der Waals surface area contributed by atoms with Gasteiger partial charge in [0.15, 0.2) is 0 Å². The molecule has 1 aromatic carbocycles. The molecule has 0 N–H and O–H groups in total. The lowest BCUT2D eigenvalue weighted by molar-refractivity contribution is 1.12. The molecule has 0 heterocycles. The monoisotopic (exact) mass is 186 g/mol. The van der Waals surface area contributed by atoms with E-state index in [0.717, 1.165) is 6.42 Å². The van der Waals surface area contributed by atoms with Crippen molar-refractivity contribution < 1.29 is 0 Å². The first-order chi connectivity index (χ1) is 6.65. The minimum Gasteiger partial charge on any atom is -0.0998 e. The molecule has 0 amide bonds. The van der Waals surface area contributed by atoms with Gasteiger partial charge in [0.1, 0.15) is 0 Å². The Balaban J connectivity index is 3.07. The minimum absolute atomic E-state index is 0.983. The van der Waals surface area contributed by atoms with Crippen LogP contribution in [0.1, 0.15) is 30.5 Å². The summed E-state index contributed by atoms with van der Waals surface area (Å²) in [4.78, 5) is 0. The van der Waals surface area contributed by atoms with Gasteiger partial charge in [0.25, 0.3) is 0 Å². The zero-order valence-corrected chi connectivity index (χ0v) is 9.30. The summed E-state index contributed by atoms with van der Waals surface area (Å²) < 4.78 is 0. The number of hydrogen-bond acceptors (Lipinski definition) is 0. The van der Waals surface area contributed by atoms with E-state index in [0.29, 0.717) is 0 Å². The lowest BCUT2D eigenvalue weighted by atomic mass is 9.97. The van der Waals surface area contributed by atoms with Gasteiger partial charge in [0.2, 0.25) is 0 Å². The fourth-order valence-electron chi connectivity index (χ4n) is 1.58. The molecule has 0 nitrogen and oxygen atoms in total. The van der Waals surface area contributed by atoms with Crippen molar-refractivity contribution in [3.63, 3.8) is 0 Å². The molecule has 0 aliphatic carbocycles. The lowest BCUT2D eigenvalue weighted by Gasteiger charge is -2.08. The van der Waals surface area contributed by atoms with Gasteiger partial charge in [-0.2, -0.15) is 0 Å². The Bertz CT molecular complexity index is 356. The fraction of sp³-hybridized carbons (Fsp3) is 0.286. The maximum atomic E-state index is 3.95. The molecule has 1 rings (SSSR count). The van der Waals surface area contributed by atoms with Gasteiger partial charge in [0, 0.05) is 0 Å². The van der Waals surface area contributed by atoms with Gasteiger partial charge in [-0.15, -0.1) is 0 Å². The summed E-state index contributed by atoms with van der Waals surface area (Å²) in [6, 6.07) is 6.44. The third-order valence-electron chi connectivity index (χ3n) is 2.33. The van der Waals surface area contributed by atoms with E-state index in [9.17, 15) is 0 Å². The maximum absolute atomic E-state index is 3.95. The molecular weight excluding hydrogens is 168 g/mol. The summed E-state index contributed by atoms with van der Waals surface area (Å²) in [6.45, 7) is 10.2. The van der Waals surface area contributed by atoms with Crippen molar-refractivity contribution in [2.24, 2.45) is 0 Å². The third kappa shape index (κ3) is 2.59. The SMILES string of the molecule is C=C(C)Cc1cccc(/C=C\C)c1C. The topological polar surface area (TPSA) is 0 Å². The Hall–Kier alpha value is -1.30. The van der Waals surface area contributed by atoms with Crippen molar-refractivity contribution in [3.05, 3.63) is 53.1 Å². The number of allylic oxidation sites excluding steroid dienone is 2. The largest absolute Gasteiger partial charge is 0.0998 e. The highest BCUT2D eigenvalue weighted by Gasteiger charge is 2.01. The summed E-state index contributed by atoms with van der Waals surface area (Å²) in [5.41, 5.74) is 5.28. The highest BCUT2D eigenvalue weighted by atomic mass is 14.1. The second-order valence-electron chi connectivity index (χ2n) is 3.77. The quantitative estimate of drug-likeness (QED) is 0.622. The first-order valence-electron chi connectivity index (χ1n) is 5.00. The average molecular weight is 186 g/mol. The molecule has 0 radical (unpaired) electrons. The zero-order valence-electron chi connectivity index (χ0n) is 9.30. The van der Waals surface area contributed by atoms with E-state index in [2.05, 4.69) is 50.8 Å². The van der Waals surface area contributed by atoms with Crippen LogP contribution in [0.15, 0.2) is 36.4 Å². The predicted molar refractivity (Wildman–Crippen MR) is 64.4 cm³/mol. The molecule has 0 spiro atoms. The zero-order chi connectivity index (χ0) is 10.6. The normalized spacial score (nSPS) is 10.8. The predicted octanol–water partition coefficient (Wildman–Crippen LogP) is 4.15. The van der Waals surface area contributed by atoms with Crippen LogP contribution in [0.2, 0.25) is 0 Å². The van der Waals surface area contributed by atoms with Crippen molar-refractivity contribution >= 4 is 6.08 Å². The minimum atomic E-state index is 0.983.